The van der Waals surface area contributed by atoms with Crippen molar-refractivity contribution in [3.63, 3.8) is 0 Å². The normalized spacial score (nSPS) is 13.9. The zero-order valence-corrected chi connectivity index (χ0v) is 15.9. The van der Waals surface area contributed by atoms with Crippen molar-refractivity contribution in [1.29, 1.82) is 0 Å². The lowest BCUT2D eigenvalue weighted by Crippen LogP contribution is -2.28. The van der Waals surface area contributed by atoms with Crippen LogP contribution in [0.1, 0.15) is 26.3 Å². The van der Waals surface area contributed by atoms with Crippen molar-refractivity contribution in [3.05, 3.63) is 38.8 Å². The highest BCUT2D eigenvalue weighted by Gasteiger charge is 2.23. The zero-order valence-electron chi connectivity index (χ0n) is 12.8. The van der Waals surface area contributed by atoms with E-state index in [0.717, 1.165) is 15.2 Å². The summed E-state index contributed by atoms with van der Waals surface area (Å²) in [5, 5.41) is 21.9. The number of rotatable bonds is 3. The van der Waals surface area contributed by atoms with Crippen LogP contribution in [0.4, 0.5) is 0 Å². The second-order valence-electron chi connectivity index (χ2n) is 6.28. The molecule has 0 aliphatic heterocycles. The number of nitrogens with zero attached hydrogens (tertiary/aromatic N) is 1. The first kappa shape index (κ1) is 17.4. The molecule has 0 unspecified atom stereocenters. The molecular formula is C17H19Br2NO2. The number of phenolic OH excluding ortho intramolecular Hbond substituents is 1. The van der Waals surface area contributed by atoms with Gasteiger partial charge in [0, 0.05) is 16.1 Å². The third-order valence-corrected chi connectivity index (χ3v) is 5.31. The second-order valence-corrected chi connectivity index (χ2v) is 7.86. The molecular weight excluding hydrogens is 410 g/mol. The van der Waals surface area contributed by atoms with Gasteiger partial charge in [0.2, 0.25) is 0 Å². The van der Waals surface area contributed by atoms with Crippen LogP contribution in [0.15, 0.2) is 38.2 Å². The third kappa shape index (κ3) is 3.36. The van der Waals surface area contributed by atoms with Gasteiger partial charge in [0.25, 0.3) is 0 Å². The lowest BCUT2D eigenvalue weighted by Gasteiger charge is -2.25. The van der Waals surface area contributed by atoms with Crippen LogP contribution in [0.2, 0.25) is 0 Å². The highest BCUT2D eigenvalue weighted by atomic mass is 79.9. The number of aliphatic hydroxyl groups is 1. The molecule has 0 spiro atoms. The van der Waals surface area contributed by atoms with Crippen LogP contribution < -0.4 is 0 Å². The molecule has 0 heterocycles. The second kappa shape index (κ2) is 6.69. The van der Waals surface area contributed by atoms with Crippen LogP contribution in [-0.2, 0) is 0 Å². The van der Waals surface area contributed by atoms with E-state index >= 15 is 0 Å². The molecule has 0 amide bonds. The fourth-order valence-corrected chi connectivity index (χ4v) is 3.38. The van der Waals surface area contributed by atoms with E-state index in [2.05, 4.69) is 36.9 Å². The minimum atomic E-state index is -0.232. The van der Waals surface area contributed by atoms with Crippen molar-refractivity contribution < 1.29 is 10.2 Å². The van der Waals surface area contributed by atoms with E-state index in [9.17, 15) is 10.2 Å². The van der Waals surface area contributed by atoms with Gasteiger partial charge in [0.1, 0.15) is 5.75 Å². The Labute approximate surface area is 147 Å². The first-order valence-corrected chi connectivity index (χ1v) is 8.58. The highest BCUT2D eigenvalue weighted by molar-refractivity contribution is 9.11. The molecule has 0 saturated heterocycles. The molecule has 2 aromatic rings. The van der Waals surface area contributed by atoms with Crippen molar-refractivity contribution >= 4 is 48.8 Å². The average Bonchev–Trinajstić information content (AvgIpc) is 2.47. The van der Waals surface area contributed by atoms with Crippen LogP contribution in [-0.4, -0.2) is 29.1 Å². The van der Waals surface area contributed by atoms with Gasteiger partial charge in [0.15, 0.2) is 0 Å². The van der Waals surface area contributed by atoms with Crippen molar-refractivity contribution in [2.24, 2.45) is 10.4 Å². The number of hydrogen-bond donors (Lipinski definition) is 2. The maximum Gasteiger partial charge on any atom is 0.140 e. The first-order chi connectivity index (χ1) is 10.3. The van der Waals surface area contributed by atoms with Gasteiger partial charge >= 0.3 is 0 Å². The summed E-state index contributed by atoms with van der Waals surface area (Å²) in [6, 6.07) is 7.56. The Morgan fingerprint density at radius 2 is 1.68 bits per heavy atom. The van der Waals surface area contributed by atoms with Gasteiger partial charge in [0.05, 0.1) is 22.7 Å². The molecule has 0 fully saturated rings. The van der Waals surface area contributed by atoms with Crippen molar-refractivity contribution in [2.45, 2.75) is 26.8 Å². The summed E-state index contributed by atoms with van der Waals surface area (Å²) in [4.78, 5) is 4.47. The van der Waals surface area contributed by atoms with Gasteiger partial charge in [-0.1, -0.05) is 45.0 Å². The number of fused-ring (bicyclic) bond motifs is 1. The minimum Gasteiger partial charge on any atom is -0.506 e. The Kier molecular flexibility index (Phi) is 5.30. The van der Waals surface area contributed by atoms with Crippen LogP contribution in [0.5, 0.6) is 5.75 Å². The number of aliphatic imine (C=N–C) groups is 1. The molecule has 2 N–H and O–H groups in total. The SMILES string of the molecule is CC(C)(C)[C@@H](CO)N=Cc1c(O)c(Br)c2ccccc2c1Br. The molecule has 0 radical (unpaired) electrons. The molecule has 2 aromatic carbocycles. The number of aliphatic hydroxyl groups excluding tert-OH is 1. The highest BCUT2D eigenvalue weighted by Crippen LogP contribution is 2.40. The summed E-state index contributed by atoms with van der Waals surface area (Å²) in [6.45, 7) is 6.04. The number of benzene rings is 2. The van der Waals surface area contributed by atoms with E-state index in [1.54, 1.807) is 6.21 Å². The minimum absolute atomic E-state index is 0.0346. The Morgan fingerprint density at radius 3 is 2.18 bits per heavy atom. The summed E-state index contributed by atoms with van der Waals surface area (Å²) in [5.41, 5.74) is 0.454. The Morgan fingerprint density at radius 1 is 1.14 bits per heavy atom. The van der Waals surface area contributed by atoms with Crippen molar-refractivity contribution in [2.75, 3.05) is 6.61 Å². The predicted octanol–water partition coefficient (Wildman–Crippen LogP) is 4.90. The van der Waals surface area contributed by atoms with Gasteiger partial charge in [-0.15, -0.1) is 0 Å². The first-order valence-electron chi connectivity index (χ1n) is 7.00. The Balaban J connectivity index is 2.57. The number of phenols is 1. The van der Waals surface area contributed by atoms with E-state index in [0.29, 0.717) is 10.0 Å². The van der Waals surface area contributed by atoms with E-state index < -0.39 is 0 Å². The lowest BCUT2D eigenvalue weighted by atomic mass is 9.88. The van der Waals surface area contributed by atoms with Crippen LogP contribution in [0.25, 0.3) is 10.8 Å². The molecule has 0 aliphatic rings. The molecule has 0 saturated carbocycles. The molecule has 3 nitrogen and oxygen atoms in total. The zero-order chi connectivity index (χ0) is 16.5. The van der Waals surface area contributed by atoms with Crippen LogP contribution in [0, 0.1) is 5.41 Å². The summed E-state index contributed by atoms with van der Waals surface area (Å²) < 4.78 is 1.43. The lowest BCUT2D eigenvalue weighted by molar-refractivity contribution is 0.191. The molecule has 118 valence electrons. The fourth-order valence-electron chi connectivity index (χ4n) is 2.19. The van der Waals surface area contributed by atoms with Crippen molar-refractivity contribution in [1.82, 2.24) is 0 Å². The van der Waals surface area contributed by atoms with Crippen molar-refractivity contribution in [3.8, 4) is 5.75 Å². The van der Waals surface area contributed by atoms with Crippen LogP contribution in [0.3, 0.4) is 0 Å². The van der Waals surface area contributed by atoms with Crippen LogP contribution >= 0.6 is 31.9 Å². The summed E-state index contributed by atoms with van der Waals surface area (Å²) in [6.07, 6.45) is 1.63. The maximum atomic E-state index is 10.4. The number of halogens is 2. The summed E-state index contributed by atoms with van der Waals surface area (Å²) in [7, 11) is 0. The smallest absolute Gasteiger partial charge is 0.140 e. The summed E-state index contributed by atoms with van der Waals surface area (Å²) >= 11 is 7.00. The molecule has 0 aromatic heterocycles. The van der Waals surface area contributed by atoms with E-state index in [4.69, 9.17) is 0 Å². The molecule has 0 aliphatic carbocycles. The monoisotopic (exact) mass is 427 g/mol. The fraction of sp³-hybridized carbons (Fsp3) is 0.353. The average molecular weight is 429 g/mol. The van der Waals surface area contributed by atoms with Gasteiger partial charge in [-0.3, -0.25) is 4.99 Å². The largest absolute Gasteiger partial charge is 0.506 e. The van der Waals surface area contributed by atoms with Gasteiger partial charge < -0.3 is 10.2 Å². The number of hydrogen-bond acceptors (Lipinski definition) is 3. The van der Waals surface area contributed by atoms with E-state index in [1.165, 1.54) is 0 Å². The Bertz CT molecular complexity index is 721. The Hall–Kier alpha value is -0.910. The third-order valence-electron chi connectivity index (χ3n) is 3.66. The van der Waals surface area contributed by atoms with E-state index in [-0.39, 0.29) is 23.8 Å². The van der Waals surface area contributed by atoms with Gasteiger partial charge in [-0.25, -0.2) is 0 Å². The van der Waals surface area contributed by atoms with Gasteiger partial charge in [-0.2, -0.15) is 0 Å². The topological polar surface area (TPSA) is 52.8 Å². The molecule has 5 heteroatoms. The quantitative estimate of drug-likeness (QED) is 0.683. The molecule has 2 rings (SSSR count). The van der Waals surface area contributed by atoms with Gasteiger partial charge in [-0.05, 0) is 42.7 Å². The standard InChI is InChI=1S/C17H19Br2NO2/c1-17(2,3)13(9-21)20-8-12-14(18)10-6-4-5-7-11(10)15(19)16(12)22/h4-8,13,21-22H,9H2,1-3H3/t13-/m1/s1. The predicted molar refractivity (Wildman–Crippen MR) is 98.9 cm³/mol. The number of aromatic hydroxyl groups is 1. The molecule has 22 heavy (non-hydrogen) atoms. The van der Waals surface area contributed by atoms with E-state index in [1.807, 2.05) is 45.0 Å². The molecule has 1 atom stereocenters. The maximum absolute atomic E-state index is 10.4. The summed E-state index contributed by atoms with van der Waals surface area (Å²) in [5.74, 6) is 0.139. The molecule has 0 bridgehead atoms.